The normalized spacial score (nSPS) is 14.6. The zero-order chi connectivity index (χ0) is 13.7. The molecule has 5 nitrogen and oxygen atoms in total. The van der Waals surface area contributed by atoms with E-state index in [1.54, 1.807) is 6.92 Å². The molecule has 0 rings (SSSR count). The summed E-state index contributed by atoms with van der Waals surface area (Å²) < 4.78 is 31.7. The first-order valence-electron chi connectivity index (χ1n) is 5.58. The van der Waals surface area contributed by atoms with Gasteiger partial charge in [0.05, 0.1) is 10.6 Å². The smallest absolute Gasteiger partial charge is 0.221 e. The maximum absolute atomic E-state index is 11.9. The van der Waals surface area contributed by atoms with Crippen LogP contribution in [0.4, 0.5) is 0 Å². The molecule has 0 saturated heterocycles. The Balaban J connectivity index is 4.61. The van der Waals surface area contributed by atoms with Crippen molar-refractivity contribution in [3.63, 3.8) is 0 Å². The average molecular weight is 282 g/mol. The number of nitrogens with one attached hydrogen (secondary N) is 1. The Morgan fingerprint density at radius 3 is 2.35 bits per heavy atom. The molecule has 0 aliphatic carbocycles. The molecule has 0 aromatic heterocycles. The molecule has 0 aliphatic rings. The van der Waals surface area contributed by atoms with Gasteiger partial charge < -0.3 is 10.5 Å². The molecule has 0 heterocycles. The molecule has 1 unspecified atom stereocenters. The summed E-state index contributed by atoms with van der Waals surface area (Å²) in [7, 11) is -3.52. The van der Waals surface area contributed by atoms with E-state index in [-0.39, 0.29) is 11.5 Å². The van der Waals surface area contributed by atoms with Gasteiger partial charge in [0.2, 0.25) is 10.0 Å². The van der Waals surface area contributed by atoms with Gasteiger partial charge in [-0.2, -0.15) is 0 Å². The first-order chi connectivity index (χ1) is 7.66. The maximum Gasteiger partial charge on any atom is 0.221 e. The predicted molar refractivity (Wildman–Crippen MR) is 73.5 cm³/mol. The summed E-state index contributed by atoms with van der Waals surface area (Å²) in [6, 6.07) is 0. The lowest BCUT2D eigenvalue weighted by Crippen LogP contribution is -2.47. The average Bonchev–Trinajstić information content (AvgIpc) is 2.15. The standard InChI is InChI=1S/C10H22N2O3S2/c1-5-8(9(11)16)17(13,14)12-7-10(3,4)15-6-2/h8,12H,5-7H2,1-4H3,(H2,11,16). The van der Waals surface area contributed by atoms with E-state index in [2.05, 4.69) is 4.72 Å². The van der Waals surface area contributed by atoms with Crippen molar-refractivity contribution in [2.45, 2.75) is 45.0 Å². The lowest BCUT2D eigenvalue weighted by atomic mass is 10.1. The fraction of sp³-hybridized carbons (Fsp3) is 0.900. The molecule has 0 aliphatic heterocycles. The molecule has 0 radical (unpaired) electrons. The number of sulfonamides is 1. The summed E-state index contributed by atoms with van der Waals surface area (Å²) in [5.41, 5.74) is 4.87. The van der Waals surface area contributed by atoms with Gasteiger partial charge in [-0.15, -0.1) is 0 Å². The molecule has 0 fully saturated rings. The van der Waals surface area contributed by atoms with Gasteiger partial charge in [-0.3, -0.25) is 0 Å². The van der Waals surface area contributed by atoms with Crippen molar-refractivity contribution in [1.29, 1.82) is 0 Å². The van der Waals surface area contributed by atoms with Crippen LogP contribution >= 0.6 is 12.2 Å². The number of thiocarbonyl (C=S) groups is 1. The highest BCUT2D eigenvalue weighted by atomic mass is 32.2. The Morgan fingerprint density at radius 1 is 1.47 bits per heavy atom. The summed E-state index contributed by atoms with van der Waals surface area (Å²) in [5, 5.41) is -0.824. The van der Waals surface area contributed by atoms with Gasteiger partial charge >= 0.3 is 0 Å². The summed E-state index contributed by atoms with van der Waals surface area (Å²) in [6.07, 6.45) is 0.361. The Labute approximate surface area is 109 Å². The van der Waals surface area contributed by atoms with Gasteiger partial charge in [-0.25, -0.2) is 13.1 Å². The van der Waals surface area contributed by atoms with Gasteiger partial charge in [0.1, 0.15) is 5.25 Å². The van der Waals surface area contributed by atoms with E-state index in [9.17, 15) is 8.42 Å². The molecule has 0 saturated carbocycles. The van der Waals surface area contributed by atoms with E-state index in [1.807, 2.05) is 20.8 Å². The Morgan fingerprint density at radius 2 is 2.00 bits per heavy atom. The summed E-state index contributed by atoms with van der Waals surface area (Å²) in [5.74, 6) is 0. The fourth-order valence-electron chi connectivity index (χ4n) is 1.39. The van der Waals surface area contributed by atoms with Gasteiger partial charge in [-0.1, -0.05) is 19.1 Å². The highest BCUT2D eigenvalue weighted by molar-refractivity contribution is 7.93. The highest BCUT2D eigenvalue weighted by Crippen LogP contribution is 2.10. The van der Waals surface area contributed by atoms with Crippen LogP contribution in [-0.2, 0) is 14.8 Å². The third-order valence-electron chi connectivity index (χ3n) is 2.30. The van der Waals surface area contributed by atoms with Crippen LogP contribution < -0.4 is 10.5 Å². The first kappa shape index (κ1) is 16.8. The van der Waals surface area contributed by atoms with Crippen LogP contribution in [-0.4, -0.2) is 37.4 Å². The van der Waals surface area contributed by atoms with Gasteiger partial charge in [0.15, 0.2) is 0 Å². The van der Waals surface area contributed by atoms with Crippen LogP contribution in [0.2, 0.25) is 0 Å². The molecule has 17 heavy (non-hydrogen) atoms. The van der Waals surface area contributed by atoms with Crippen molar-refractivity contribution in [3.05, 3.63) is 0 Å². The third kappa shape index (κ3) is 5.76. The monoisotopic (exact) mass is 282 g/mol. The molecule has 1 atom stereocenters. The van der Waals surface area contributed by atoms with Crippen molar-refractivity contribution < 1.29 is 13.2 Å². The van der Waals surface area contributed by atoms with Crippen molar-refractivity contribution >= 4 is 27.2 Å². The molecule has 0 aromatic carbocycles. The quantitative estimate of drug-likeness (QED) is 0.643. The van der Waals surface area contributed by atoms with Gasteiger partial charge in [0, 0.05) is 13.2 Å². The molecule has 0 bridgehead atoms. The minimum atomic E-state index is -3.52. The Kier molecular flexibility index (Phi) is 6.53. The topological polar surface area (TPSA) is 81.4 Å². The lowest BCUT2D eigenvalue weighted by Gasteiger charge is -2.26. The van der Waals surface area contributed by atoms with E-state index in [0.717, 1.165) is 0 Å². The van der Waals surface area contributed by atoms with E-state index >= 15 is 0 Å². The first-order valence-corrected chi connectivity index (χ1v) is 7.53. The van der Waals surface area contributed by atoms with Crippen molar-refractivity contribution in [2.24, 2.45) is 5.73 Å². The summed E-state index contributed by atoms with van der Waals surface area (Å²) >= 11 is 4.75. The van der Waals surface area contributed by atoms with E-state index in [1.165, 1.54) is 0 Å². The summed E-state index contributed by atoms with van der Waals surface area (Å²) in [6.45, 7) is 7.96. The predicted octanol–water partition coefficient (Wildman–Crippen LogP) is 0.786. The second-order valence-corrected chi connectivity index (χ2v) is 6.78. The Bertz CT molecular complexity index is 353. The van der Waals surface area contributed by atoms with Crippen LogP contribution in [0, 0.1) is 0 Å². The zero-order valence-electron chi connectivity index (χ0n) is 10.8. The fourth-order valence-corrected chi connectivity index (χ4v) is 3.43. The maximum atomic E-state index is 11.9. The molecular weight excluding hydrogens is 260 g/mol. The van der Waals surface area contributed by atoms with E-state index < -0.39 is 20.9 Å². The molecule has 0 spiro atoms. The third-order valence-corrected chi connectivity index (χ3v) is 4.61. The van der Waals surface area contributed by atoms with E-state index in [0.29, 0.717) is 13.0 Å². The van der Waals surface area contributed by atoms with Crippen LogP contribution in [0.25, 0.3) is 0 Å². The molecule has 102 valence electrons. The van der Waals surface area contributed by atoms with Gasteiger partial charge in [0.25, 0.3) is 0 Å². The SMILES string of the molecule is CCOC(C)(C)CNS(=O)(=O)C(CC)C(N)=S. The second kappa shape index (κ2) is 6.63. The molecule has 0 aromatic rings. The van der Waals surface area contributed by atoms with Crippen LogP contribution in [0.15, 0.2) is 0 Å². The number of ether oxygens (including phenoxy) is 1. The number of hydrogen-bond donors (Lipinski definition) is 2. The molecule has 3 N–H and O–H groups in total. The van der Waals surface area contributed by atoms with Crippen LogP contribution in [0.5, 0.6) is 0 Å². The highest BCUT2D eigenvalue weighted by Gasteiger charge is 2.28. The molecule has 0 amide bonds. The largest absolute Gasteiger partial charge is 0.392 e. The lowest BCUT2D eigenvalue weighted by molar-refractivity contribution is -0.00516. The minimum absolute atomic E-state index is 0.00536. The van der Waals surface area contributed by atoms with Crippen molar-refractivity contribution in [1.82, 2.24) is 4.72 Å². The Hall–Kier alpha value is -0.240. The van der Waals surface area contributed by atoms with Crippen LogP contribution in [0.1, 0.15) is 34.1 Å². The molecule has 7 heteroatoms. The minimum Gasteiger partial charge on any atom is -0.392 e. The van der Waals surface area contributed by atoms with Crippen molar-refractivity contribution in [3.8, 4) is 0 Å². The van der Waals surface area contributed by atoms with E-state index in [4.69, 9.17) is 22.7 Å². The zero-order valence-corrected chi connectivity index (χ0v) is 12.5. The van der Waals surface area contributed by atoms with Gasteiger partial charge in [-0.05, 0) is 27.2 Å². The second-order valence-electron chi connectivity index (χ2n) is 4.36. The number of nitrogens with two attached hydrogens (primary N) is 1. The number of hydrogen-bond acceptors (Lipinski definition) is 4. The number of rotatable bonds is 8. The summed E-state index contributed by atoms with van der Waals surface area (Å²) in [4.78, 5) is -0.00536. The van der Waals surface area contributed by atoms with Crippen LogP contribution in [0.3, 0.4) is 0 Å². The van der Waals surface area contributed by atoms with Crippen molar-refractivity contribution in [2.75, 3.05) is 13.2 Å². The molecular formula is C10H22N2O3S2.